The van der Waals surface area contributed by atoms with Gasteiger partial charge in [-0.1, -0.05) is 19.9 Å². The van der Waals surface area contributed by atoms with E-state index in [4.69, 9.17) is 9.84 Å². The molecule has 0 bridgehead atoms. The molecule has 0 saturated carbocycles. The van der Waals surface area contributed by atoms with Crippen LogP contribution < -0.4 is 0 Å². The zero-order valence-corrected chi connectivity index (χ0v) is 11.8. The van der Waals surface area contributed by atoms with Gasteiger partial charge in [-0.05, 0) is 43.6 Å². The highest BCUT2D eigenvalue weighted by atomic mass is 19.3. The van der Waals surface area contributed by atoms with E-state index in [0.29, 0.717) is 12.0 Å². The first kappa shape index (κ1) is 17.0. The summed E-state index contributed by atoms with van der Waals surface area (Å²) in [6.07, 6.45) is 1.59. The molecule has 0 fully saturated rings. The molecule has 0 aromatic carbocycles. The summed E-state index contributed by atoms with van der Waals surface area (Å²) in [5.41, 5.74) is 0.561. The lowest BCUT2D eigenvalue weighted by Gasteiger charge is -2.29. The molecule has 0 spiro atoms. The zero-order valence-electron chi connectivity index (χ0n) is 11.8. The molecule has 0 aliphatic heterocycles. The van der Waals surface area contributed by atoms with Gasteiger partial charge in [0.15, 0.2) is 6.29 Å². The van der Waals surface area contributed by atoms with Crippen molar-refractivity contribution in [1.82, 2.24) is 0 Å². The first-order chi connectivity index (χ1) is 9.25. The summed E-state index contributed by atoms with van der Waals surface area (Å²) >= 11 is 0. The molecule has 2 unspecified atom stereocenters. The summed E-state index contributed by atoms with van der Waals surface area (Å²) in [7, 11) is 0. The number of allylic oxidation sites excluding steroid dienone is 1. The lowest BCUT2D eigenvalue weighted by atomic mass is 9.98. The number of aliphatic hydroxyl groups excluding tert-OH is 1. The molecule has 2 N–H and O–H groups in total. The minimum absolute atomic E-state index is 0.135. The van der Waals surface area contributed by atoms with Crippen LogP contribution in [0.5, 0.6) is 0 Å². The molecule has 1 aliphatic rings. The maximum atomic E-state index is 13.6. The number of halogens is 2. The van der Waals surface area contributed by atoms with Gasteiger partial charge < -0.3 is 14.9 Å². The molecule has 0 saturated heterocycles. The maximum Gasteiger partial charge on any atom is 0.377 e. The van der Waals surface area contributed by atoms with Crippen LogP contribution >= 0.6 is 0 Å². The third-order valence-corrected chi connectivity index (χ3v) is 3.31. The molecule has 6 heteroatoms. The largest absolute Gasteiger partial charge is 0.477 e. The summed E-state index contributed by atoms with van der Waals surface area (Å²) in [5, 5.41) is 18.5. The van der Waals surface area contributed by atoms with Gasteiger partial charge in [-0.25, -0.2) is 4.79 Å². The molecule has 20 heavy (non-hydrogen) atoms. The van der Waals surface area contributed by atoms with Crippen molar-refractivity contribution >= 4 is 5.97 Å². The minimum atomic E-state index is -4.01. The fourth-order valence-corrected chi connectivity index (χ4v) is 2.19. The van der Waals surface area contributed by atoms with Crippen LogP contribution in [0.1, 0.15) is 46.0 Å². The van der Waals surface area contributed by atoms with Crippen LogP contribution in [0, 0.1) is 5.92 Å². The molecule has 0 amide bonds. The van der Waals surface area contributed by atoms with Crippen molar-refractivity contribution in [1.29, 1.82) is 0 Å². The van der Waals surface area contributed by atoms with E-state index in [0.717, 1.165) is 19.3 Å². The molecule has 1 rings (SSSR count). The highest BCUT2D eigenvalue weighted by molar-refractivity contribution is 5.76. The van der Waals surface area contributed by atoms with Gasteiger partial charge in [0.25, 0.3) is 0 Å². The quantitative estimate of drug-likeness (QED) is 0.559. The number of aliphatic hydroxyl groups is 1. The average molecular weight is 292 g/mol. The first-order valence-electron chi connectivity index (χ1n) is 6.88. The van der Waals surface area contributed by atoms with Gasteiger partial charge in [0.2, 0.25) is 0 Å². The van der Waals surface area contributed by atoms with Crippen LogP contribution in [0.4, 0.5) is 8.78 Å². The molecule has 0 aromatic rings. The number of hydrogen-bond donors (Lipinski definition) is 2. The Balaban J connectivity index is 2.78. The predicted octanol–water partition coefficient (Wildman–Crippen LogP) is 2.96. The normalized spacial score (nSPS) is 19.6. The number of alkyl halides is 2. The van der Waals surface area contributed by atoms with Gasteiger partial charge >= 0.3 is 11.9 Å². The number of hydrogen-bond acceptors (Lipinski definition) is 3. The van der Waals surface area contributed by atoms with Crippen LogP contribution in [0.3, 0.4) is 0 Å². The van der Waals surface area contributed by atoms with Crippen LogP contribution in [0.15, 0.2) is 11.6 Å². The van der Waals surface area contributed by atoms with E-state index >= 15 is 0 Å². The van der Waals surface area contributed by atoms with Gasteiger partial charge in [-0.15, -0.1) is 0 Å². The van der Waals surface area contributed by atoms with Crippen LogP contribution in [0.25, 0.3) is 0 Å². The van der Waals surface area contributed by atoms with Gasteiger partial charge in [-0.2, -0.15) is 8.78 Å². The van der Waals surface area contributed by atoms with Crippen molar-refractivity contribution in [2.45, 2.75) is 64.3 Å². The molecule has 1 aliphatic carbocycles. The second-order valence-corrected chi connectivity index (χ2v) is 5.56. The van der Waals surface area contributed by atoms with Gasteiger partial charge in [0.05, 0.1) is 0 Å². The summed E-state index contributed by atoms with van der Waals surface area (Å²) < 4.78 is 32.3. The van der Waals surface area contributed by atoms with E-state index in [1.165, 1.54) is 0 Å². The Hall–Kier alpha value is -1.01. The number of aliphatic carboxylic acids is 1. The third-order valence-electron chi connectivity index (χ3n) is 3.31. The van der Waals surface area contributed by atoms with Crippen molar-refractivity contribution in [2.24, 2.45) is 5.92 Å². The summed E-state index contributed by atoms with van der Waals surface area (Å²) in [4.78, 5) is 10.7. The first-order valence-corrected chi connectivity index (χ1v) is 6.88. The van der Waals surface area contributed by atoms with E-state index in [-0.39, 0.29) is 12.3 Å². The van der Waals surface area contributed by atoms with Gasteiger partial charge in [0.1, 0.15) is 6.10 Å². The number of carboxylic acids is 1. The highest BCUT2D eigenvalue weighted by Gasteiger charge is 2.49. The van der Waals surface area contributed by atoms with Crippen molar-refractivity contribution in [3.63, 3.8) is 0 Å². The number of carboxylic acid groups (broad SMARTS) is 1. The molecule has 0 aromatic heterocycles. The maximum absolute atomic E-state index is 13.6. The summed E-state index contributed by atoms with van der Waals surface area (Å²) in [6, 6.07) is 0. The average Bonchev–Trinajstić information content (AvgIpc) is 2.38. The van der Waals surface area contributed by atoms with Crippen molar-refractivity contribution in [3.05, 3.63) is 11.6 Å². The molecular weight excluding hydrogens is 270 g/mol. The molecule has 4 nitrogen and oxygen atoms in total. The highest BCUT2D eigenvalue weighted by Crippen LogP contribution is 2.30. The second-order valence-electron chi connectivity index (χ2n) is 5.56. The Morgan fingerprint density at radius 2 is 2.10 bits per heavy atom. The molecular formula is C14H22F2O4. The number of ether oxygens (including phenoxy) is 1. The monoisotopic (exact) mass is 292 g/mol. The predicted molar refractivity (Wildman–Crippen MR) is 69.5 cm³/mol. The van der Waals surface area contributed by atoms with E-state index in [9.17, 15) is 18.7 Å². The van der Waals surface area contributed by atoms with E-state index in [1.54, 1.807) is 19.9 Å². The number of carbonyl (C=O) groups is 1. The Labute approximate surface area is 117 Å². The molecule has 0 heterocycles. The Kier molecular flexibility index (Phi) is 6.07. The van der Waals surface area contributed by atoms with Crippen LogP contribution in [-0.4, -0.2) is 34.5 Å². The minimum Gasteiger partial charge on any atom is -0.477 e. The second kappa shape index (κ2) is 7.13. The Morgan fingerprint density at radius 1 is 1.45 bits per heavy atom. The van der Waals surface area contributed by atoms with Crippen LogP contribution in [-0.2, 0) is 9.53 Å². The SMILES string of the molecule is CC(C)CC(OC(O)C1=CCCCC1)C(F)(F)C(=O)O. The third kappa shape index (κ3) is 4.52. The van der Waals surface area contributed by atoms with Crippen molar-refractivity contribution < 1.29 is 28.5 Å². The standard InChI is InChI=1S/C14H22F2O4/c1-9(2)8-11(14(15,16)13(18)19)20-12(17)10-6-4-3-5-7-10/h6,9,11-12,17H,3-5,7-8H2,1-2H3,(H,18,19). The van der Waals surface area contributed by atoms with Gasteiger partial charge in [0, 0.05) is 0 Å². The lowest BCUT2D eigenvalue weighted by Crippen LogP contribution is -2.45. The Morgan fingerprint density at radius 3 is 2.55 bits per heavy atom. The van der Waals surface area contributed by atoms with Crippen molar-refractivity contribution in [3.8, 4) is 0 Å². The van der Waals surface area contributed by atoms with E-state index < -0.39 is 24.3 Å². The topological polar surface area (TPSA) is 66.8 Å². The summed E-state index contributed by atoms with van der Waals surface area (Å²) in [6.45, 7) is 3.39. The summed E-state index contributed by atoms with van der Waals surface area (Å²) in [5.74, 6) is -6.41. The molecule has 0 radical (unpaired) electrons. The Bertz CT molecular complexity index is 366. The molecule has 116 valence electrons. The zero-order chi connectivity index (χ0) is 15.3. The fourth-order valence-electron chi connectivity index (χ4n) is 2.19. The van der Waals surface area contributed by atoms with Crippen LogP contribution in [0.2, 0.25) is 0 Å². The lowest BCUT2D eigenvalue weighted by molar-refractivity contribution is -0.217. The van der Waals surface area contributed by atoms with E-state index in [1.807, 2.05) is 0 Å². The van der Waals surface area contributed by atoms with Crippen molar-refractivity contribution in [2.75, 3.05) is 0 Å². The fraction of sp³-hybridized carbons (Fsp3) is 0.786. The van der Waals surface area contributed by atoms with E-state index in [2.05, 4.69) is 0 Å². The van der Waals surface area contributed by atoms with Gasteiger partial charge in [-0.3, -0.25) is 0 Å². The smallest absolute Gasteiger partial charge is 0.377 e. The molecule has 2 atom stereocenters. The number of rotatable bonds is 7.